The second-order valence-electron chi connectivity index (χ2n) is 5.11. The van der Waals surface area contributed by atoms with E-state index in [-0.39, 0.29) is 17.8 Å². The zero-order chi connectivity index (χ0) is 18.7. The van der Waals surface area contributed by atoms with Gasteiger partial charge in [0.2, 0.25) is 0 Å². The summed E-state index contributed by atoms with van der Waals surface area (Å²) in [5.74, 6) is 0.226. The lowest BCUT2D eigenvalue weighted by molar-refractivity contribution is -0.113. The normalized spacial score (nSPS) is 15.4. The number of hydrogen-bond donors (Lipinski definition) is 0. The molecule has 2 aromatic rings. The summed E-state index contributed by atoms with van der Waals surface area (Å²) in [5.41, 5.74) is 1.30. The van der Waals surface area contributed by atoms with Crippen LogP contribution in [0.25, 0.3) is 6.08 Å². The lowest BCUT2D eigenvalue weighted by Crippen LogP contribution is -2.27. The predicted molar refractivity (Wildman–Crippen MR) is 113 cm³/mol. The Bertz CT molecular complexity index is 934. The third-order valence-corrected chi connectivity index (χ3v) is 5.67. The van der Waals surface area contributed by atoms with Crippen LogP contribution in [0.1, 0.15) is 5.56 Å². The molecule has 130 valence electrons. The Morgan fingerprint density at radius 1 is 1.27 bits per heavy atom. The molecule has 1 heterocycles. The summed E-state index contributed by atoms with van der Waals surface area (Å²) >= 11 is 6.42. The highest BCUT2D eigenvalue weighted by atomic mass is 127. The molecule has 2 aromatic carbocycles. The van der Waals surface area contributed by atoms with Crippen LogP contribution in [0.15, 0.2) is 51.8 Å². The van der Waals surface area contributed by atoms with E-state index in [0.717, 1.165) is 20.9 Å². The van der Waals surface area contributed by atoms with Crippen LogP contribution in [0.2, 0.25) is 0 Å². The van der Waals surface area contributed by atoms with Crippen LogP contribution < -0.4 is 9.64 Å². The molecule has 0 N–H and O–H groups in total. The third kappa shape index (κ3) is 3.95. The third-order valence-electron chi connectivity index (χ3n) is 3.41. The fourth-order valence-electron chi connectivity index (χ4n) is 2.32. The minimum absolute atomic E-state index is 0.0517. The number of anilines is 1. The number of imide groups is 1. The van der Waals surface area contributed by atoms with Crippen LogP contribution in [0.5, 0.6) is 5.75 Å². The fourth-order valence-corrected chi connectivity index (χ4v) is 4.93. The number of benzene rings is 2. The Morgan fingerprint density at radius 3 is 2.65 bits per heavy atom. The number of ether oxygens (including phenoxy) is 1. The highest BCUT2D eigenvalue weighted by molar-refractivity contribution is 14.1. The monoisotopic (exact) mass is 540 g/mol. The number of halogens is 2. The summed E-state index contributed by atoms with van der Waals surface area (Å²) in [4.78, 5) is 26.4. The molecule has 0 aliphatic carbocycles. The minimum atomic E-state index is -0.345. The van der Waals surface area contributed by atoms with Crippen molar-refractivity contribution in [1.82, 2.24) is 0 Å². The molecule has 26 heavy (non-hydrogen) atoms. The molecule has 0 atom stereocenters. The molecule has 8 heteroatoms. The van der Waals surface area contributed by atoms with Crippen molar-refractivity contribution in [2.24, 2.45) is 0 Å². The van der Waals surface area contributed by atoms with Crippen molar-refractivity contribution in [1.29, 1.82) is 5.26 Å². The van der Waals surface area contributed by atoms with Crippen molar-refractivity contribution in [2.75, 3.05) is 11.5 Å². The SMILES string of the molecule is N#CCOc1c(Br)cc(/C=C2\SC(=O)N(c3ccccc3)C2=O)cc1I. The standard InChI is InChI=1S/C18H10BrIN2O3S/c19-13-8-11(9-14(20)16(13)25-7-6-21)10-15-17(23)22(18(24)26-15)12-4-2-1-3-5-12/h1-5,8-10H,7H2/b15-10-. The van der Waals surface area contributed by atoms with Gasteiger partial charge in [0, 0.05) is 0 Å². The minimum Gasteiger partial charge on any atom is -0.476 e. The Hall–Kier alpha value is -1.83. The number of amides is 2. The van der Waals surface area contributed by atoms with Crippen molar-refractivity contribution in [2.45, 2.75) is 0 Å². The van der Waals surface area contributed by atoms with Crippen molar-refractivity contribution < 1.29 is 14.3 Å². The highest BCUT2D eigenvalue weighted by Crippen LogP contribution is 2.37. The summed E-state index contributed by atoms with van der Waals surface area (Å²) < 4.78 is 6.85. The largest absolute Gasteiger partial charge is 0.476 e. The molecule has 1 aliphatic heterocycles. The Labute approximate surface area is 176 Å². The van der Waals surface area contributed by atoms with Gasteiger partial charge in [0.15, 0.2) is 6.61 Å². The van der Waals surface area contributed by atoms with E-state index in [4.69, 9.17) is 10.00 Å². The molecule has 0 saturated carbocycles. The van der Waals surface area contributed by atoms with Gasteiger partial charge in [-0.25, -0.2) is 4.90 Å². The van der Waals surface area contributed by atoms with E-state index >= 15 is 0 Å². The molecular formula is C18H10BrIN2O3S. The van der Waals surface area contributed by atoms with Crippen LogP contribution in [0.4, 0.5) is 10.5 Å². The van der Waals surface area contributed by atoms with Crippen molar-refractivity contribution >= 4 is 73.2 Å². The quantitative estimate of drug-likeness (QED) is 0.394. The van der Waals surface area contributed by atoms with Gasteiger partial charge in [-0.2, -0.15) is 5.26 Å². The van der Waals surface area contributed by atoms with Gasteiger partial charge in [-0.1, -0.05) is 18.2 Å². The van der Waals surface area contributed by atoms with E-state index in [2.05, 4.69) is 38.5 Å². The van der Waals surface area contributed by atoms with Gasteiger partial charge in [-0.05, 0) is 86.2 Å². The maximum Gasteiger partial charge on any atom is 0.298 e. The van der Waals surface area contributed by atoms with Crippen molar-refractivity contribution in [3.8, 4) is 11.8 Å². The van der Waals surface area contributed by atoms with E-state index < -0.39 is 0 Å². The first kappa shape index (κ1) is 18.9. The number of nitrogens with zero attached hydrogens (tertiary/aromatic N) is 2. The van der Waals surface area contributed by atoms with E-state index in [1.54, 1.807) is 36.4 Å². The lowest BCUT2D eigenvalue weighted by Gasteiger charge is -2.11. The van der Waals surface area contributed by atoms with E-state index in [9.17, 15) is 9.59 Å². The Morgan fingerprint density at radius 2 is 2.00 bits per heavy atom. The molecule has 2 amide bonds. The van der Waals surface area contributed by atoms with Crippen LogP contribution in [0.3, 0.4) is 0 Å². The highest BCUT2D eigenvalue weighted by Gasteiger charge is 2.36. The summed E-state index contributed by atoms with van der Waals surface area (Å²) in [6.07, 6.45) is 1.68. The van der Waals surface area contributed by atoms with Crippen molar-refractivity contribution in [3.63, 3.8) is 0 Å². The molecule has 0 aromatic heterocycles. The number of carbonyl (C=O) groups excluding carboxylic acids is 2. The molecule has 1 fully saturated rings. The Balaban J connectivity index is 1.90. The van der Waals surface area contributed by atoms with Crippen LogP contribution in [-0.4, -0.2) is 17.8 Å². The number of rotatable bonds is 4. The number of para-hydroxylation sites is 1. The van der Waals surface area contributed by atoms with E-state index in [1.165, 1.54) is 4.90 Å². The number of hydrogen-bond acceptors (Lipinski definition) is 5. The average Bonchev–Trinajstić information content (AvgIpc) is 2.88. The fraction of sp³-hybridized carbons (Fsp3) is 0.0556. The van der Waals surface area contributed by atoms with Gasteiger partial charge in [-0.15, -0.1) is 0 Å². The number of nitriles is 1. The van der Waals surface area contributed by atoms with Gasteiger partial charge in [0.1, 0.15) is 11.8 Å². The average molecular weight is 541 g/mol. The van der Waals surface area contributed by atoms with E-state index in [1.807, 2.05) is 18.2 Å². The number of thioether (sulfide) groups is 1. The van der Waals surface area contributed by atoms with Gasteiger partial charge in [0.05, 0.1) is 18.6 Å². The summed E-state index contributed by atoms with van der Waals surface area (Å²) in [5, 5.41) is 8.32. The van der Waals surface area contributed by atoms with Crippen LogP contribution >= 0.6 is 50.3 Å². The second-order valence-corrected chi connectivity index (χ2v) is 8.12. The van der Waals surface area contributed by atoms with Gasteiger partial charge in [-0.3, -0.25) is 9.59 Å². The smallest absolute Gasteiger partial charge is 0.298 e. The first-order chi connectivity index (χ1) is 12.5. The molecule has 0 unspecified atom stereocenters. The zero-order valence-electron chi connectivity index (χ0n) is 13.1. The molecule has 0 radical (unpaired) electrons. The summed E-state index contributed by atoms with van der Waals surface area (Å²) in [6.45, 7) is -0.0517. The topological polar surface area (TPSA) is 70.4 Å². The summed E-state index contributed by atoms with van der Waals surface area (Å²) in [7, 11) is 0. The number of carbonyl (C=O) groups is 2. The first-order valence-corrected chi connectivity index (χ1v) is 10.0. The molecule has 5 nitrogen and oxygen atoms in total. The lowest BCUT2D eigenvalue weighted by atomic mass is 10.2. The second kappa shape index (κ2) is 8.24. The Kier molecular flexibility index (Phi) is 6.01. The molecule has 1 aliphatic rings. The molecule has 3 rings (SSSR count). The predicted octanol–water partition coefficient (Wildman–Crippen LogP) is 5.20. The van der Waals surface area contributed by atoms with Crippen LogP contribution in [0, 0.1) is 14.9 Å². The molecule has 1 saturated heterocycles. The van der Waals surface area contributed by atoms with Gasteiger partial charge < -0.3 is 4.74 Å². The maximum atomic E-state index is 12.6. The molecule has 0 bridgehead atoms. The van der Waals surface area contributed by atoms with Crippen molar-refractivity contribution in [3.05, 3.63) is 61.0 Å². The van der Waals surface area contributed by atoms with Gasteiger partial charge >= 0.3 is 0 Å². The molecular weight excluding hydrogens is 531 g/mol. The zero-order valence-corrected chi connectivity index (χ0v) is 17.7. The van der Waals surface area contributed by atoms with E-state index in [0.29, 0.717) is 20.8 Å². The molecule has 0 spiro atoms. The van der Waals surface area contributed by atoms with Crippen LogP contribution in [-0.2, 0) is 4.79 Å². The first-order valence-electron chi connectivity index (χ1n) is 7.33. The summed E-state index contributed by atoms with van der Waals surface area (Å²) in [6, 6.07) is 14.4. The maximum absolute atomic E-state index is 12.6. The van der Waals surface area contributed by atoms with Gasteiger partial charge in [0.25, 0.3) is 11.1 Å².